The molecule has 0 aliphatic carbocycles. The number of Topliss-reactive ketones (excluding diaryl/α,β-unsaturated/α-hetero) is 1. The van der Waals surface area contributed by atoms with E-state index in [2.05, 4.69) is 13.8 Å². The molecule has 88 valence electrons. The average Bonchev–Trinajstić information content (AvgIpc) is 2.30. The predicted molar refractivity (Wildman–Crippen MR) is 72.2 cm³/mol. The Morgan fingerprint density at radius 1 is 1.31 bits per heavy atom. The molecule has 0 aliphatic rings. The molecule has 1 unspecified atom stereocenters. The van der Waals surface area contributed by atoms with Crippen molar-refractivity contribution in [2.75, 3.05) is 5.75 Å². The number of unbranched alkanes of at least 4 members (excludes halogenated alkanes) is 1. The van der Waals surface area contributed by atoms with Crippen LogP contribution in [0, 0.1) is 0 Å². The van der Waals surface area contributed by atoms with Gasteiger partial charge in [0.2, 0.25) is 0 Å². The van der Waals surface area contributed by atoms with Gasteiger partial charge in [-0.25, -0.2) is 0 Å². The van der Waals surface area contributed by atoms with E-state index in [4.69, 9.17) is 0 Å². The van der Waals surface area contributed by atoms with E-state index in [0.29, 0.717) is 11.7 Å². The lowest BCUT2D eigenvalue weighted by atomic mass is 10.1. The van der Waals surface area contributed by atoms with Crippen molar-refractivity contribution in [3.05, 3.63) is 35.9 Å². The van der Waals surface area contributed by atoms with Crippen LogP contribution in [-0.2, 0) is 0 Å². The minimum absolute atomic E-state index is 0.261. The van der Waals surface area contributed by atoms with E-state index in [1.807, 2.05) is 42.1 Å². The highest BCUT2D eigenvalue weighted by Gasteiger charge is 2.10. The topological polar surface area (TPSA) is 17.1 Å². The molecule has 0 saturated carbocycles. The molecule has 1 aromatic carbocycles. The predicted octanol–water partition coefficient (Wildman–Crippen LogP) is 4.18. The van der Waals surface area contributed by atoms with Crippen molar-refractivity contribution in [3.8, 4) is 0 Å². The maximum Gasteiger partial charge on any atom is 0.163 e. The summed E-state index contributed by atoms with van der Waals surface area (Å²) in [6.07, 6.45) is 3.12. The van der Waals surface area contributed by atoms with Crippen molar-refractivity contribution in [2.24, 2.45) is 0 Å². The number of thioether (sulfide) groups is 1. The molecular weight excluding hydrogens is 216 g/mol. The van der Waals surface area contributed by atoms with Crippen LogP contribution in [-0.4, -0.2) is 16.8 Å². The Labute approximate surface area is 103 Å². The molecule has 0 aromatic heterocycles. The van der Waals surface area contributed by atoms with Gasteiger partial charge in [0.1, 0.15) is 0 Å². The van der Waals surface area contributed by atoms with Gasteiger partial charge in [0.15, 0.2) is 5.78 Å². The van der Waals surface area contributed by atoms with Gasteiger partial charge in [-0.1, -0.05) is 50.6 Å². The fraction of sp³-hybridized carbons (Fsp3) is 0.500. The second-order valence-electron chi connectivity index (χ2n) is 4.03. The van der Waals surface area contributed by atoms with Crippen LogP contribution in [0.25, 0.3) is 0 Å². The minimum atomic E-state index is 0.261. The summed E-state index contributed by atoms with van der Waals surface area (Å²) in [7, 11) is 0. The summed E-state index contributed by atoms with van der Waals surface area (Å²) in [5.74, 6) is 1.43. The summed E-state index contributed by atoms with van der Waals surface area (Å²) in [6.45, 7) is 4.33. The normalized spacial score (nSPS) is 12.4. The molecule has 16 heavy (non-hydrogen) atoms. The maximum absolute atomic E-state index is 11.9. The van der Waals surface area contributed by atoms with Gasteiger partial charge in [0.05, 0.1) is 0 Å². The van der Waals surface area contributed by atoms with Crippen LogP contribution in [0.1, 0.15) is 43.5 Å². The molecule has 0 amide bonds. The van der Waals surface area contributed by atoms with Gasteiger partial charge in [-0.2, -0.15) is 11.8 Å². The molecule has 0 fully saturated rings. The van der Waals surface area contributed by atoms with Gasteiger partial charge in [0.25, 0.3) is 0 Å². The van der Waals surface area contributed by atoms with Crippen molar-refractivity contribution in [1.29, 1.82) is 0 Å². The molecule has 0 N–H and O–H groups in total. The molecule has 1 atom stereocenters. The molecule has 1 aromatic rings. The van der Waals surface area contributed by atoms with Crippen LogP contribution in [0.4, 0.5) is 0 Å². The minimum Gasteiger partial charge on any atom is -0.294 e. The number of rotatable bonds is 7. The lowest BCUT2D eigenvalue weighted by molar-refractivity contribution is 0.0983. The summed E-state index contributed by atoms with van der Waals surface area (Å²) in [6, 6.07) is 9.57. The van der Waals surface area contributed by atoms with E-state index in [0.717, 1.165) is 5.56 Å². The average molecular weight is 236 g/mol. The van der Waals surface area contributed by atoms with Gasteiger partial charge in [-0.05, 0) is 12.2 Å². The molecule has 1 rings (SSSR count). The second-order valence-corrected chi connectivity index (χ2v) is 5.57. The molecule has 0 saturated heterocycles. The molecule has 0 heterocycles. The quantitative estimate of drug-likeness (QED) is 0.522. The van der Waals surface area contributed by atoms with E-state index in [9.17, 15) is 4.79 Å². The van der Waals surface area contributed by atoms with E-state index in [1.165, 1.54) is 18.6 Å². The van der Waals surface area contributed by atoms with E-state index >= 15 is 0 Å². The molecular formula is C14H20OS. The molecule has 1 nitrogen and oxygen atoms in total. The van der Waals surface area contributed by atoms with Crippen molar-refractivity contribution < 1.29 is 4.79 Å². The lowest BCUT2D eigenvalue weighted by Crippen LogP contribution is -2.08. The number of hydrogen-bond acceptors (Lipinski definition) is 2. The molecule has 0 spiro atoms. The van der Waals surface area contributed by atoms with Gasteiger partial charge >= 0.3 is 0 Å². The third kappa shape index (κ3) is 4.84. The number of hydrogen-bond donors (Lipinski definition) is 0. The molecule has 0 bridgehead atoms. The molecule has 0 radical (unpaired) electrons. The van der Waals surface area contributed by atoms with Gasteiger partial charge in [0, 0.05) is 17.2 Å². The first-order valence-corrected chi connectivity index (χ1v) is 6.98. The summed E-state index contributed by atoms with van der Waals surface area (Å²) in [5.41, 5.74) is 0.838. The fourth-order valence-electron chi connectivity index (χ4n) is 1.49. The molecule has 2 heteroatoms. The van der Waals surface area contributed by atoms with Crippen LogP contribution in [0.3, 0.4) is 0 Å². The van der Waals surface area contributed by atoms with Gasteiger partial charge in [-0.15, -0.1) is 0 Å². The third-order valence-electron chi connectivity index (χ3n) is 2.47. The van der Waals surface area contributed by atoms with Crippen LogP contribution in [0.15, 0.2) is 30.3 Å². The first-order valence-electron chi connectivity index (χ1n) is 5.94. The summed E-state index contributed by atoms with van der Waals surface area (Å²) in [4.78, 5) is 11.9. The second kappa shape index (κ2) is 7.50. The number of carbonyl (C=O) groups is 1. The fourth-order valence-corrected chi connectivity index (χ4v) is 2.62. The zero-order valence-corrected chi connectivity index (χ0v) is 10.9. The van der Waals surface area contributed by atoms with Crippen LogP contribution < -0.4 is 0 Å². The van der Waals surface area contributed by atoms with Gasteiger partial charge < -0.3 is 0 Å². The summed E-state index contributed by atoms with van der Waals surface area (Å²) in [5, 5.41) is 0.430. The Kier molecular flexibility index (Phi) is 6.24. The Bertz CT molecular complexity index is 308. The zero-order chi connectivity index (χ0) is 11.8. The Morgan fingerprint density at radius 3 is 2.62 bits per heavy atom. The highest BCUT2D eigenvalue weighted by molar-refractivity contribution is 7.99. The third-order valence-corrected chi connectivity index (χ3v) is 3.73. The smallest absolute Gasteiger partial charge is 0.163 e. The van der Waals surface area contributed by atoms with Crippen LogP contribution in [0.5, 0.6) is 0 Å². The SMILES string of the molecule is CCCCSC(C)CC(=O)c1ccccc1. The number of ketones is 1. The van der Waals surface area contributed by atoms with Crippen LogP contribution >= 0.6 is 11.8 Å². The summed E-state index contributed by atoms with van der Waals surface area (Å²) >= 11 is 1.90. The van der Waals surface area contributed by atoms with E-state index < -0.39 is 0 Å². The van der Waals surface area contributed by atoms with Crippen molar-refractivity contribution in [1.82, 2.24) is 0 Å². The number of carbonyl (C=O) groups excluding carboxylic acids is 1. The first-order chi connectivity index (χ1) is 7.74. The van der Waals surface area contributed by atoms with Gasteiger partial charge in [-0.3, -0.25) is 4.79 Å². The van der Waals surface area contributed by atoms with Crippen molar-refractivity contribution >= 4 is 17.5 Å². The monoisotopic (exact) mass is 236 g/mol. The van der Waals surface area contributed by atoms with Crippen molar-refractivity contribution in [2.45, 2.75) is 38.4 Å². The standard InChI is InChI=1S/C14H20OS/c1-3-4-10-16-12(2)11-14(15)13-8-6-5-7-9-13/h5-9,12H,3-4,10-11H2,1-2H3. The zero-order valence-electron chi connectivity index (χ0n) is 10.1. The Morgan fingerprint density at radius 2 is 2.00 bits per heavy atom. The van der Waals surface area contributed by atoms with E-state index in [1.54, 1.807) is 0 Å². The maximum atomic E-state index is 11.9. The Hall–Kier alpha value is -0.760. The highest BCUT2D eigenvalue weighted by atomic mass is 32.2. The lowest BCUT2D eigenvalue weighted by Gasteiger charge is -2.09. The summed E-state index contributed by atoms with van der Waals surface area (Å²) < 4.78 is 0. The first kappa shape index (κ1) is 13.3. The largest absolute Gasteiger partial charge is 0.294 e. The van der Waals surface area contributed by atoms with Crippen molar-refractivity contribution in [3.63, 3.8) is 0 Å². The molecule has 0 aliphatic heterocycles. The highest BCUT2D eigenvalue weighted by Crippen LogP contribution is 2.18. The Balaban J connectivity index is 2.34. The van der Waals surface area contributed by atoms with E-state index in [-0.39, 0.29) is 5.78 Å². The number of benzene rings is 1. The van der Waals surface area contributed by atoms with Crippen LogP contribution in [0.2, 0.25) is 0 Å².